The zero-order valence-electron chi connectivity index (χ0n) is 17.7. The van der Waals surface area contributed by atoms with Gasteiger partial charge in [0.05, 0.1) is 27.8 Å². The van der Waals surface area contributed by atoms with Crippen molar-refractivity contribution in [3.8, 4) is 0 Å². The molecule has 3 amide bonds. The topological polar surface area (TPSA) is 128 Å². The highest BCUT2D eigenvalue weighted by Gasteiger charge is 2.64. The molecule has 0 aliphatic heterocycles. The highest BCUT2D eigenvalue weighted by atomic mass is 35.5. The van der Waals surface area contributed by atoms with Gasteiger partial charge in [0, 0.05) is 6.04 Å². The first-order valence-corrected chi connectivity index (χ1v) is 11.5. The average Bonchev–Trinajstić information content (AvgIpc) is 3.04. The molecule has 5 rings (SSSR count). The molecule has 0 radical (unpaired) electrons. The van der Waals surface area contributed by atoms with Gasteiger partial charge in [-0.25, -0.2) is 9.59 Å². The Morgan fingerprint density at radius 3 is 2.44 bits per heavy atom. The lowest BCUT2D eigenvalue weighted by atomic mass is 9.65. The highest BCUT2D eigenvalue weighted by molar-refractivity contribution is 6.39. The van der Waals surface area contributed by atoms with Crippen molar-refractivity contribution in [2.75, 3.05) is 6.54 Å². The summed E-state index contributed by atoms with van der Waals surface area (Å²) < 4.78 is 0. The van der Waals surface area contributed by atoms with Gasteiger partial charge >= 0.3 is 12.0 Å². The second-order valence-electron chi connectivity index (χ2n) is 9.59. The summed E-state index contributed by atoms with van der Waals surface area (Å²) in [4.78, 5) is 36.6. The molecule has 0 heterocycles. The van der Waals surface area contributed by atoms with E-state index in [1.54, 1.807) is 6.07 Å². The van der Waals surface area contributed by atoms with E-state index in [9.17, 15) is 24.6 Å². The lowest BCUT2D eigenvalue weighted by Crippen LogP contribution is -2.54. The number of aliphatic carboxylic acids is 1. The van der Waals surface area contributed by atoms with E-state index in [2.05, 4.69) is 16.0 Å². The molecule has 4 fully saturated rings. The van der Waals surface area contributed by atoms with Crippen LogP contribution in [0, 0.1) is 17.3 Å². The minimum absolute atomic E-state index is 0.0242. The fourth-order valence-electron chi connectivity index (χ4n) is 6.17. The predicted molar refractivity (Wildman–Crippen MR) is 119 cm³/mol. The van der Waals surface area contributed by atoms with Gasteiger partial charge < -0.3 is 26.2 Å². The molecule has 4 aliphatic carbocycles. The number of urea groups is 1. The second-order valence-corrected chi connectivity index (χ2v) is 10.4. The zero-order valence-corrected chi connectivity index (χ0v) is 19.2. The maximum Gasteiger partial charge on any atom is 0.328 e. The summed E-state index contributed by atoms with van der Waals surface area (Å²) >= 11 is 12.0. The molecule has 1 aromatic carbocycles. The summed E-state index contributed by atoms with van der Waals surface area (Å²) in [6, 6.07) is 2.48. The smallest absolute Gasteiger partial charge is 0.328 e. The van der Waals surface area contributed by atoms with Gasteiger partial charge in [0.1, 0.15) is 6.04 Å². The molecule has 0 saturated heterocycles. The van der Waals surface area contributed by atoms with Gasteiger partial charge in [0.15, 0.2) is 0 Å². The van der Waals surface area contributed by atoms with Crippen LogP contribution in [-0.4, -0.2) is 52.4 Å². The van der Waals surface area contributed by atoms with Crippen molar-refractivity contribution in [2.24, 2.45) is 17.3 Å². The van der Waals surface area contributed by atoms with Gasteiger partial charge in [-0.2, -0.15) is 0 Å². The zero-order chi connectivity index (χ0) is 23.3. The van der Waals surface area contributed by atoms with E-state index in [0.29, 0.717) is 18.3 Å². The molecule has 4 bridgehead atoms. The monoisotopic (exact) mass is 483 g/mol. The van der Waals surface area contributed by atoms with Crippen molar-refractivity contribution in [2.45, 2.75) is 56.7 Å². The molecule has 0 spiro atoms. The van der Waals surface area contributed by atoms with Crippen molar-refractivity contribution in [1.82, 2.24) is 16.0 Å². The van der Waals surface area contributed by atoms with E-state index in [0.717, 1.165) is 25.7 Å². The Morgan fingerprint density at radius 1 is 1.16 bits per heavy atom. The van der Waals surface area contributed by atoms with Crippen LogP contribution in [0.3, 0.4) is 0 Å². The number of rotatable bonds is 7. The van der Waals surface area contributed by atoms with Crippen LogP contribution in [0.2, 0.25) is 10.0 Å². The van der Waals surface area contributed by atoms with Gasteiger partial charge in [-0.3, -0.25) is 4.79 Å². The molecule has 1 aromatic rings. The van der Waals surface area contributed by atoms with Crippen LogP contribution in [0.15, 0.2) is 18.2 Å². The largest absolute Gasteiger partial charge is 0.480 e. The number of carbonyl (C=O) groups excluding carboxylic acids is 2. The minimum Gasteiger partial charge on any atom is -0.480 e. The lowest BCUT2D eigenvalue weighted by Gasteiger charge is -2.43. The number of benzene rings is 1. The Labute approximate surface area is 196 Å². The fraction of sp³-hybridized carbons (Fsp3) is 0.591. The summed E-state index contributed by atoms with van der Waals surface area (Å²) in [5, 5.41) is 28.3. The number of carbonyl (C=O) groups is 3. The SMILES string of the molecule is CC(NC(=O)NC[C@H](NC(=O)c1c(Cl)cccc1Cl)C(=O)O)C12CC3CC(C1)C(O)(C3)C2. The minimum atomic E-state index is -1.37. The molecule has 5 N–H and O–H groups in total. The maximum absolute atomic E-state index is 12.5. The van der Waals surface area contributed by atoms with Crippen molar-refractivity contribution < 1.29 is 24.6 Å². The van der Waals surface area contributed by atoms with Gasteiger partial charge in [-0.1, -0.05) is 29.3 Å². The van der Waals surface area contributed by atoms with Crippen molar-refractivity contribution in [3.05, 3.63) is 33.8 Å². The Kier molecular flexibility index (Phi) is 6.07. The maximum atomic E-state index is 12.5. The molecular formula is C22H27Cl2N3O5. The summed E-state index contributed by atoms with van der Waals surface area (Å²) in [7, 11) is 0. The molecule has 32 heavy (non-hydrogen) atoms. The van der Waals surface area contributed by atoms with E-state index >= 15 is 0 Å². The number of hydrogen-bond donors (Lipinski definition) is 5. The summed E-state index contributed by atoms with van der Waals surface area (Å²) in [6.07, 6.45) is 4.49. The van der Waals surface area contributed by atoms with Gasteiger partial charge in [0.2, 0.25) is 0 Å². The van der Waals surface area contributed by atoms with Crippen LogP contribution in [0.4, 0.5) is 4.79 Å². The summed E-state index contributed by atoms with van der Waals surface area (Å²) in [5.74, 6) is -1.24. The van der Waals surface area contributed by atoms with E-state index in [1.165, 1.54) is 12.1 Å². The van der Waals surface area contributed by atoms with Crippen LogP contribution in [-0.2, 0) is 4.79 Å². The van der Waals surface area contributed by atoms with E-state index < -0.39 is 29.6 Å². The lowest BCUT2D eigenvalue weighted by molar-refractivity contribution is -0.139. The van der Waals surface area contributed by atoms with Crippen molar-refractivity contribution >= 4 is 41.1 Å². The third-order valence-corrected chi connectivity index (χ3v) is 8.18. The number of aliphatic hydroxyl groups is 1. The van der Waals surface area contributed by atoms with Crippen LogP contribution in [0.1, 0.15) is 49.4 Å². The van der Waals surface area contributed by atoms with Crippen LogP contribution in [0.5, 0.6) is 0 Å². The quantitative estimate of drug-likeness (QED) is 0.407. The molecule has 8 nitrogen and oxygen atoms in total. The van der Waals surface area contributed by atoms with Gasteiger partial charge in [0.25, 0.3) is 5.91 Å². The first-order chi connectivity index (χ1) is 15.0. The number of halogens is 2. The number of carboxylic acids is 1. The summed E-state index contributed by atoms with van der Waals surface area (Å²) in [5.41, 5.74) is -0.753. The Morgan fingerprint density at radius 2 is 1.84 bits per heavy atom. The molecule has 174 valence electrons. The molecule has 10 heteroatoms. The van der Waals surface area contributed by atoms with Crippen LogP contribution in [0.25, 0.3) is 0 Å². The first kappa shape index (κ1) is 23.1. The molecule has 4 aliphatic rings. The van der Waals surface area contributed by atoms with E-state index in [1.807, 2.05) is 6.92 Å². The van der Waals surface area contributed by atoms with E-state index in [4.69, 9.17) is 23.2 Å². The molecule has 0 aromatic heterocycles. The summed E-state index contributed by atoms with van der Waals surface area (Å²) in [6.45, 7) is 1.62. The Hall–Kier alpha value is -2.03. The number of carboxylic acid groups (broad SMARTS) is 1. The molecule has 5 unspecified atom stereocenters. The average molecular weight is 484 g/mol. The first-order valence-electron chi connectivity index (χ1n) is 10.8. The Balaban J connectivity index is 1.33. The van der Waals surface area contributed by atoms with Gasteiger partial charge in [-0.05, 0) is 68.4 Å². The third kappa shape index (κ3) is 4.16. The third-order valence-electron chi connectivity index (χ3n) is 7.55. The second kappa shape index (κ2) is 8.39. The van der Waals surface area contributed by atoms with Crippen molar-refractivity contribution in [3.63, 3.8) is 0 Å². The standard InChI is InChI=1S/C22H27Cl2N3O5/c1-11(21-6-12-5-13(8-21)22(32,7-12)10-21)26-20(31)25-9-16(19(29)30)27-18(28)17-14(23)3-2-4-15(17)24/h2-4,11-13,16,32H,5-10H2,1H3,(H,27,28)(H,29,30)(H2,25,26,31)/t11?,12?,13?,16-,21?,22?/m0/s1. The van der Waals surface area contributed by atoms with Crippen LogP contribution < -0.4 is 16.0 Å². The number of amides is 3. The molecule has 6 atom stereocenters. The Bertz CT molecular complexity index is 939. The fourth-order valence-corrected chi connectivity index (χ4v) is 6.74. The predicted octanol–water partition coefficient (Wildman–Crippen LogP) is 2.81. The van der Waals surface area contributed by atoms with Gasteiger partial charge in [-0.15, -0.1) is 0 Å². The molecule has 4 saturated carbocycles. The highest BCUT2D eigenvalue weighted by Crippen LogP contribution is 2.67. The normalized spacial score (nSPS) is 31.8. The van der Waals surface area contributed by atoms with E-state index in [-0.39, 0.29) is 33.6 Å². The number of nitrogens with one attached hydrogen (secondary N) is 3. The number of hydrogen-bond acceptors (Lipinski definition) is 4. The van der Waals surface area contributed by atoms with Crippen molar-refractivity contribution in [1.29, 1.82) is 0 Å². The van der Waals surface area contributed by atoms with Crippen LogP contribution >= 0.6 is 23.2 Å². The molecular weight excluding hydrogens is 457 g/mol.